The van der Waals surface area contributed by atoms with Crippen LogP contribution < -0.4 is 0 Å². The van der Waals surface area contributed by atoms with Crippen molar-refractivity contribution in [3.63, 3.8) is 0 Å². The van der Waals surface area contributed by atoms with Crippen molar-refractivity contribution >= 4 is 46.2 Å². The number of β-lactam (4-membered cyclic amide) rings is 1. The van der Waals surface area contributed by atoms with E-state index in [0.29, 0.717) is 17.7 Å². The van der Waals surface area contributed by atoms with Crippen LogP contribution in [0, 0.1) is 10.1 Å². The molecule has 2 aliphatic rings. The van der Waals surface area contributed by atoms with Crippen molar-refractivity contribution in [1.82, 2.24) is 4.90 Å². The predicted molar refractivity (Wildman–Crippen MR) is 101 cm³/mol. The van der Waals surface area contributed by atoms with Crippen LogP contribution >= 0.6 is 23.5 Å². The maximum atomic E-state index is 12.8. The van der Waals surface area contributed by atoms with Gasteiger partial charge in [0.2, 0.25) is 5.91 Å². The van der Waals surface area contributed by atoms with Crippen LogP contribution in [-0.2, 0) is 25.7 Å². The average molecular weight is 410 g/mol. The number of hydrogen-bond donors (Lipinski definition) is 0. The largest absolute Gasteiger partial charge is 0.459 e. The Hall–Kier alpha value is -2.07. The zero-order chi connectivity index (χ0) is 19.8. The number of carbonyl (C=O) groups excluding carboxylic acids is 3. The van der Waals surface area contributed by atoms with Gasteiger partial charge in [-0.15, -0.1) is 11.8 Å². The van der Waals surface area contributed by atoms with Gasteiger partial charge < -0.3 is 9.64 Å². The summed E-state index contributed by atoms with van der Waals surface area (Å²) < 4.78 is 4.79. The highest BCUT2D eigenvalue weighted by Crippen LogP contribution is 2.52. The summed E-state index contributed by atoms with van der Waals surface area (Å²) in [6.45, 7) is 3.30. The highest BCUT2D eigenvalue weighted by atomic mass is 32.2. The van der Waals surface area contributed by atoms with E-state index in [1.807, 2.05) is 6.92 Å². The van der Waals surface area contributed by atoms with E-state index in [1.165, 1.54) is 43.0 Å². The van der Waals surface area contributed by atoms with Crippen molar-refractivity contribution in [2.45, 2.75) is 43.0 Å². The van der Waals surface area contributed by atoms with E-state index in [0.717, 1.165) is 11.8 Å². The summed E-state index contributed by atoms with van der Waals surface area (Å²) in [5, 5.41) is 10.6. The molecule has 0 bridgehead atoms. The van der Waals surface area contributed by atoms with E-state index in [4.69, 9.17) is 4.74 Å². The third kappa shape index (κ3) is 3.96. The Morgan fingerprint density at radius 3 is 2.63 bits per heavy atom. The van der Waals surface area contributed by atoms with E-state index >= 15 is 0 Å². The van der Waals surface area contributed by atoms with Crippen LogP contribution in [0.4, 0.5) is 5.69 Å². The molecule has 0 N–H and O–H groups in total. The molecule has 0 aromatic heterocycles. The fourth-order valence-electron chi connectivity index (χ4n) is 3.15. The second-order valence-electron chi connectivity index (χ2n) is 6.60. The monoisotopic (exact) mass is 410 g/mol. The van der Waals surface area contributed by atoms with Gasteiger partial charge >= 0.3 is 5.97 Å². The molecule has 1 aromatic carbocycles. The van der Waals surface area contributed by atoms with Crippen molar-refractivity contribution in [3.8, 4) is 0 Å². The Morgan fingerprint density at radius 2 is 2.07 bits per heavy atom. The molecule has 2 aliphatic heterocycles. The Morgan fingerprint density at radius 1 is 1.41 bits per heavy atom. The molecule has 1 aromatic rings. The molecular formula is C17H18N2O6S2. The highest BCUT2D eigenvalue weighted by Gasteiger charge is 2.61. The summed E-state index contributed by atoms with van der Waals surface area (Å²) in [7, 11) is 0. The number of ether oxygens (including phenoxy) is 1. The maximum Gasteiger partial charge on any atom is 0.330 e. The number of carbonyl (C=O) groups is 3. The zero-order valence-corrected chi connectivity index (χ0v) is 16.4. The number of rotatable bonds is 6. The SMILES string of the molecule is CC(=O)SC[C@]1(C)S[C@H]2CC(=O)N2[C@H]1C(=O)OCc1ccc([N+](=O)[O-])cc1. The number of hydrogen-bond acceptors (Lipinski definition) is 8. The minimum atomic E-state index is -0.751. The molecule has 0 unspecified atom stereocenters. The molecule has 0 aliphatic carbocycles. The van der Waals surface area contributed by atoms with Crippen molar-refractivity contribution in [2.75, 3.05) is 5.75 Å². The fraction of sp³-hybridized carbons (Fsp3) is 0.471. The molecule has 3 atom stereocenters. The second-order valence-corrected chi connectivity index (χ2v) is 9.47. The molecule has 2 heterocycles. The lowest BCUT2D eigenvalue weighted by Gasteiger charge is -2.37. The fourth-order valence-corrected chi connectivity index (χ4v) is 5.78. The van der Waals surface area contributed by atoms with Gasteiger partial charge in [-0.3, -0.25) is 19.7 Å². The Kier molecular flexibility index (Phi) is 5.48. The molecule has 2 fully saturated rings. The third-order valence-electron chi connectivity index (χ3n) is 4.52. The van der Waals surface area contributed by atoms with Crippen LogP contribution in [0.15, 0.2) is 24.3 Å². The van der Waals surface area contributed by atoms with Gasteiger partial charge in [-0.05, 0) is 24.6 Å². The number of non-ortho nitro benzene ring substituents is 1. The van der Waals surface area contributed by atoms with Gasteiger partial charge in [-0.2, -0.15) is 0 Å². The Labute approximate surface area is 164 Å². The van der Waals surface area contributed by atoms with Gasteiger partial charge in [0.05, 0.1) is 21.5 Å². The van der Waals surface area contributed by atoms with Crippen LogP contribution in [0.2, 0.25) is 0 Å². The minimum Gasteiger partial charge on any atom is -0.459 e. The number of amides is 1. The lowest BCUT2D eigenvalue weighted by atomic mass is 9.98. The van der Waals surface area contributed by atoms with Gasteiger partial charge in [-0.25, -0.2) is 4.79 Å². The number of nitrogens with zero attached hydrogens (tertiary/aromatic N) is 2. The second kappa shape index (κ2) is 7.51. The van der Waals surface area contributed by atoms with Gasteiger partial charge in [0, 0.05) is 24.8 Å². The van der Waals surface area contributed by atoms with E-state index in [1.54, 1.807) is 4.90 Å². The molecule has 0 saturated carbocycles. The first-order chi connectivity index (χ1) is 12.7. The number of thioether (sulfide) groups is 2. The van der Waals surface area contributed by atoms with Crippen molar-refractivity contribution in [1.29, 1.82) is 0 Å². The Bertz CT molecular complexity index is 799. The first kappa shape index (κ1) is 19.7. The summed E-state index contributed by atoms with van der Waals surface area (Å²) in [6.07, 6.45) is 0.386. The van der Waals surface area contributed by atoms with Crippen LogP contribution in [0.25, 0.3) is 0 Å². The van der Waals surface area contributed by atoms with Gasteiger partial charge in [0.15, 0.2) is 5.12 Å². The molecule has 3 rings (SSSR count). The number of nitro benzene ring substituents is 1. The van der Waals surface area contributed by atoms with Crippen LogP contribution in [-0.4, -0.2) is 48.7 Å². The summed E-state index contributed by atoms with van der Waals surface area (Å²) >= 11 is 2.66. The number of benzene rings is 1. The molecule has 144 valence electrons. The molecular weight excluding hydrogens is 392 g/mol. The predicted octanol–water partition coefficient (Wildman–Crippen LogP) is 2.35. The third-order valence-corrected chi connectivity index (χ3v) is 7.43. The number of fused-ring (bicyclic) bond motifs is 1. The molecule has 27 heavy (non-hydrogen) atoms. The highest BCUT2D eigenvalue weighted by molar-refractivity contribution is 8.14. The summed E-state index contributed by atoms with van der Waals surface area (Å²) in [6, 6.07) is 4.99. The smallest absolute Gasteiger partial charge is 0.330 e. The molecule has 0 spiro atoms. The number of esters is 1. The normalized spacial score (nSPS) is 26.3. The first-order valence-electron chi connectivity index (χ1n) is 8.23. The van der Waals surface area contributed by atoms with Gasteiger partial charge in [0.25, 0.3) is 5.69 Å². The van der Waals surface area contributed by atoms with Crippen LogP contribution in [0.3, 0.4) is 0 Å². The molecule has 8 nitrogen and oxygen atoms in total. The first-order valence-corrected chi connectivity index (χ1v) is 10.1. The summed E-state index contributed by atoms with van der Waals surface area (Å²) in [4.78, 5) is 47.8. The Balaban J connectivity index is 1.69. The van der Waals surface area contributed by atoms with Gasteiger partial charge in [0.1, 0.15) is 12.6 Å². The minimum absolute atomic E-state index is 0.0410. The lowest BCUT2D eigenvalue weighted by Crippen LogP contribution is -2.58. The quantitative estimate of drug-likeness (QED) is 0.304. The number of nitro groups is 1. The van der Waals surface area contributed by atoms with E-state index in [2.05, 4.69) is 0 Å². The molecule has 1 amide bonds. The van der Waals surface area contributed by atoms with E-state index in [-0.39, 0.29) is 28.7 Å². The van der Waals surface area contributed by atoms with Crippen molar-refractivity contribution in [2.24, 2.45) is 0 Å². The van der Waals surface area contributed by atoms with Crippen LogP contribution in [0.5, 0.6) is 0 Å². The average Bonchev–Trinajstić information content (AvgIpc) is 2.86. The van der Waals surface area contributed by atoms with Crippen molar-refractivity contribution < 1.29 is 24.0 Å². The van der Waals surface area contributed by atoms with Gasteiger partial charge in [-0.1, -0.05) is 11.8 Å². The van der Waals surface area contributed by atoms with E-state index < -0.39 is 21.7 Å². The summed E-state index contributed by atoms with van der Waals surface area (Å²) in [5.74, 6) is -0.214. The standard InChI is InChI=1S/C17H18N2O6S2/c1-10(20)26-9-17(2)15(18-13(21)7-14(18)27-17)16(22)25-8-11-3-5-12(6-4-11)19(23)24/h3-6,14-15H,7-9H2,1-2H3/t14-,15-,17-/m0/s1. The zero-order valence-electron chi connectivity index (χ0n) is 14.7. The molecule has 2 saturated heterocycles. The molecule has 10 heteroatoms. The van der Waals surface area contributed by atoms with Crippen LogP contribution in [0.1, 0.15) is 25.8 Å². The molecule has 0 radical (unpaired) electrons. The maximum absolute atomic E-state index is 12.8. The van der Waals surface area contributed by atoms with E-state index in [9.17, 15) is 24.5 Å². The lowest BCUT2D eigenvalue weighted by molar-refractivity contribution is -0.384. The topological polar surface area (TPSA) is 107 Å². The van der Waals surface area contributed by atoms with Crippen molar-refractivity contribution in [3.05, 3.63) is 39.9 Å². The summed E-state index contributed by atoms with van der Waals surface area (Å²) in [5.41, 5.74) is 0.575.